The predicted molar refractivity (Wildman–Crippen MR) is 132 cm³/mol. The summed E-state index contributed by atoms with van der Waals surface area (Å²) in [6, 6.07) is 7.01. The Morgan fingerprint density at radius 2 is 1.90 bits per heavy atom. The number of rotatable bonds is 5. The van der Waals surface area contributed by atoms with Gasteiger partial charge in [0.2, 0.25) is 3.79 Å². The van der Waals surface area contributed by atoms with Gasteiger partial charge in [0.1, 0.15) is 11.2 Å². The van der Waals surface area contributed by atoms with Crippen molar-refractivity contribution in [3.05, 3.63) is 51.4 Å². The Hall–Kier alpha value is -1.58. The molecule has 0 spiro atoms. The summed E-state index contributed by atoms with van der Waals surface area (Å²) in [5, 5.41) is 9.07. The van der Waals surface area contributed by atoms with Crippen molar-refractivity contribution >= 4 is 80.3 Å². The van der Waals surface area contributed by atoms with E-state index in [0.29, 0.717) is 16.1 Å². The number of anilines is 1. The Labute approximate surface area is 204 Å². The number of halogens is 3. The Morgan fingerprint density at radius 1 is 1.19 bits per heavy atom. The van der Waals surface area contributed by atoms with Crippen molar-refractivity contribution in [1.29, 1.82) is 0 Å². The van der Waals surface area contributed by atoms with Crippen LogP contribution in [0, 0.1) is 6.92 Å². The fourth-order valence-corrected chi connectivity index (χ4v) is 5.30. The molecule has 6 nitrogen and oxygen atoms in total. The van der Waals surface area contributed by atoms with E-state index in [-0.39, 0.29) is 5.11 Å². The number of thiocarbonyl (C=S) groups is 1. The van der Waals surface area contributed by atoms with Crippen LogP contribution in [0.15, 0.2) is 24.3 Å². The SMILES string of the molecule is Cc1cccc(C(=O)N[C@@H](NC(=S)Nc2sc3c(c2C(N)=O)CCCC3)C(Cl)(Cl)Cl)c1. The Kier molecular flexibility index (Phi) is 7.70. The summed E-state index contributed by atoms with van der Waals surface area (Å²) in [5.41, 5.74) is 8.37. The third kappa shape index (κ3) is 6.02. The van der Waals surface area contributed by atoms with Crippen molar-refractivity contribution in [3.63, 3.8) is 0 Å². The standard InChI is InChI=1S/C20H21Cl3N4O2S2/c1-10-5-4-6-11(9-10)16(29)25-18(20(21,22)23)27-19(30)26-17-14(15(24)28)12-7-2-3-8-13(12)31-17/h4-6,9,18H,2-3,7-8H2,1H3,(H2,24,28)(H,25,29)(H2,26,27,30)/t18-/m0/s1. The number of benzene rings is 1. The minimum atomic E-state index is -1.90. The van der Waals surface area contributed by atoms with Crippen molar-refractivity contribution in [2.24, 2.45) is 5.73 Å². The van der Waals surface area contributed by atoms with E-state index in [1.165, 1.54) is 11.3 Å². The second kappa shape index (κ2) is 9.92. The van der Waals surface area contributed by atoms with Gasteiger partial charge in [-0.3, -0.25) is 9.59 Å². The number of hydrogen-bond donors (Lipinski definition) is 4. The van der Waals surface area contributed by atoms with Gasteiger partial charge in [0.05, 0.1) is 5.56 Å². The summed E-state index contributed by atoms with van der Waals surface area (Å²) < 4.78 is -1.90. The lowest BCUT2D eigenvalue weighted by molar-refractivity contribution is 0.0933. The maximum absolute atomic E-state index is 12.6. The van der Waals surface area contributed by atoms with Gasteiger partial charge in [-0.05, 0) is 62.5 Å². The third-order valence-corrected chi connectivity index (χ3v) is 6.89. The Balaban J connectivity index is 1.75. The number of alkyl halides is 3. The number of carbonyl (C=O) groups excluding carboxylic acids is 2. The summed E-state index contributed by atoms with van der Waals surface area (Å²) in [5.74, 6) is -0.949. The van der Waals surface area contributed by atoms with E-state index in [2.05, 4.69) is 16.0 Å². The van der Waals surface area contributed by atoms with Gasteiger partial charge in [-0.15, -0.1) is 11.3 Å². The van der Waals surface area contributed by atoms with Crippen LogP contribution in [0.4, 0.5) is 5.00 Å². The molecule has 0 fully saturated rings. The van der Waals surface area contributed by atoms with Crippen molar-refractivity contribution in [2.45, 2.75) is 42.6 Å². The number of primary amides is 1. The molecule has 1 atom stereocenters. The van der Waals surface area contributed by atoms with Crippen LogP contribution in [-0.4, -0.2) is 26.9 Å². The lowest BCUT2D eigenvalue weighted by Crippen LogP contribution is -2.56. The number of carbonyl (C=O) groups is 2. The van der Waals surface area contributed by atoms with Crippen molar-refractivity contribution in [2.75, 3.05) is 5.32 Å². The zero-order valence-electron chi connectivity index (χ0n) is 16.6. The lowest BCUT2D eigenvalue weighted by Gasteiger charge is -2.27. The summed E-state index contributed by atoms with van der Waals surface area (Å²) in [4.78, 5) is 25.8. The maximum Gasteiger partial charge on any atom is 0.252 e. The van der Waals surface area contributed by atoms with Crippen LogP contribution in [0.25, 0.3) is 0 Å². The van der Waals surface area contributed by atoms with Gasteiger partial charge in [-0.2, -0.15) is 0 Å². The van der Waals surface area contributed by atoms with Crippen LogP contribution in [0.2, 0.25) is 0 Å². The van der Waals surface area contributed by atoms with Crippen LogP contribution in [0.3, 0.4) is 0 Å². The van der Waals surface area contributed by atoms with E-state index in [1.54, 1.807) is 18.2 Å². The second-order valence-corrected chi connectivity index (χ2v) is 11.1. The Bertz CT molecular complexity index is 1020. The second-order valence-electron chi connectivity index (χ2n) is 7.20. The molecule has 1 aliphatic rings. The quantitative estimate of drug-likeness (QED) is 0.266. The molecule has 2 aromatic rings. The molecule has 0 saturated carbocycles. The van der Waals surface area contributed by atoms with Crippen molar-refractivity contribution in [1.82, 2.24) is 10.6 Å². The molecule has 31 heavy (non-hydrogen) atoms. The molecular weight excluding hydrogens is 499 g/mol. The van der Waals surface area contributed by atoms with Crippen molar-refractivity contribution in [3.8, 4) is 0 Å². The van der Waals surface area contributed by atoms with Gasteiger partial charge in [-0.1, -0.05) is 52.5 Å². The minimum Gasteiger partial charge on any atom is -0.365 e. The molecule has 0 saturated heterocycles. The zero-order chi connectivity index (χ0) is 22.8. The molecule has 5 N–H and O–H groups in total. The highest BCUT2D eigenvalue weighted by Crippen LogP contribution is 2.38. The molecule has 1 aromatic heterocycles. The van der Waals surface area contributed by atoms with Crippen LogP contribution in [-0.2, 0) is 12.8 Å². The van der Waals surface area contributed by atoms with E-state index >= 15 is 0 Å². The first-order valence-electron chi connectivity index (χ1n) is 9.52. The molecule has 3 rings (SSSR count). The topological polar surface area (TPSA) is 96.2 Å². The number of thiophene rings is 1. The Morgan fingerprint density at radius 3 is 2.55 bits per heavy atom. The highest BCUT2D eigenvalue weighted by molar-refractivity contribution is 7.80. The van der Waals surface area contributed by atoms with E-state index < -0.39 is 21.8 Å². The molecule has 0 bridgehead atoms. The summed E-state index contributed by atoms with van der Waals surface area (Å²) in [6.45, 7) is 1.87. The molecule has 1 heterocycles. The molecule has 11 heteroatoms. The molecule has 0 radical (unpaired) electrons. The summed E-state index contributed by atoms with van der Waals surface area (Å²) in [6.07, 6.45) is 2.64. The van der Waals surface area contributed by atoms with Gasteiger partial charge < -0.3 is 21.7 Å². The fraction of sp³-hybridized carbons (Fsp3) is 0.350. The number of amides is 2. The largest absolute Gasteiger partial charge is 0.365 e. The average molecular weight is 520 g/mol. The van der Waals surface area contributed by atoms with Crippen LogP contribution < -0.4 is 21.7 Å². The molecule has 1 aliphatic carbocycles. The maximum atomic E-state index is 12.6. The van der Waals surface area contributed by atoms with E-state index in [4.69, 9.17) is 52.8 Å². The number of hydrogen-bond acceptors (Lipinski definition) is 4. The highest BCUT2D eigenvalue weighted by atomic mass is 35.6. The van der Waals surface area contributed by atoms with Crippen LogP contribution in [0.1, 0.15) is 49.6 Å². The molecule has 1 aromatic carbocycles. The molecule has 0 unspecified atom stereocenters. The van der Waals surface area contributed by atoms with Gasteiger partial charge >= 0.3 is 0 Å². The lowest BCUT2D eigenvalue weighted by atomic mass is 9.95. The first-order chi connectivity index (χ1) is 14.6. The van der Waals surface area contributed by atoms with E-state index in [9.17, 15) is 9.59 Å². The van der Waals surface area contributed by atoms with Gasteiger partial charge in [0, 0.05) is 10.4 Å². The highest BCUT2D eigenvalue weighted by Gasteiger charge is 2.35. The number of aryl methyl sites for hydroxylation is 2. The molecule has 0 aliphatic heterocycles. The van der Waals surface area contributed by atoms with E-state index in [0.717, 1.165) is 41.7 Å². The van der Waals surface area contributed by atoms with Crippen molar-refractivity contribution < 1.29 is 9.59 Å². The normalized spacial score (nSPS) is 14.3. The summed E-state index contributed by atoms with van der Waals surface area (Å²) >= 11 is 25.0. The van der Waals surface area contributed by atoms with Gasteiger partial charge in [0.25, 0.3) is 11.8 Å². The zero-order valence-corrected chi connectivity index (χ0v) is 20.5. The summed E-state index contributed by atoms with van der Waals surface area (Å²) in [7, 11) is 0. The van der Waals surface area contributed by atoms with Crippen LogP contribution in [0.5, 0.6) is 0 Å². The monoisotopic (exact) mass is 518 g/mol. The molecule has 166 valence electrons. The number of nitrogens with two attached hydrogens (primary N) is 1. The smallest absolute Gasteiger partial charge is 0.252 e. The number of nitrogens with one attached hydrogen (secondary N) is 3. The average Bonchev–Trinajstić information content (AvgIpc) is 3.04. The third-order valence-electron chi connectivity index (χ3n) is 4.80. The number of fused-ring (bicyclic) bond motifs is 1. The molecule has 2 amide bonds. The minimum absolute atomic E-state index is 0.0852. The first-order valence-corrected chi connectivity index (χ1v) is 11.9. The van der Waals surface area contributed by atoms with Gasteiger partial charge in [-0.25, -0.2) is 0 Å². The first kappa shape index (κ1) is 24.1. The van der Waals surface area contributed by atoms with Gasteiger partial charge in [0.15, 0.2) is 5.11 Å². The van der Waals surface area contributed by atoms with Crippen LogP contribution >= 0.6 is 58.4 Å². The molecular formula is C20H21Cl3N4O2S2. The fourth-order valence-electron chi connectivity index (χ4n) is 3.39. The predicted octanol–water partition coefficient (Wildman–Crippen LogP) is 4.45. The van der Waals surface area contributed by atoms with E-state index in [1.807, 2.05) is 13.0 Å².